The summed E-state index contributed by atoms with van der Waals surface area (Å²) in [7, 11) is -3.43. The third-order valence-corrected chi connectivity index (χ3v) is 6.11. The van der Waals surface area contributed by atoms with Crippen LogP contribution in [0.15, 0.2) is 27.6 Å². The summed E-state index contributed by atoms with van der Waals surface area (Å²) < 4.78 is 28.0. The lowest BCUT2D eigenvalue weighted by Gasteiger charge is -2.31. The number of hydrogen-bond donors (Lipinski definition) is 1. The van der Waals surface area contributed by atoms with E-state index in [1.807, 2.05) is 26.0 Å². The van der Waals surface area contributed by atoms with Gasteiger partial charge in [0.25, 0.3) is 0 Å². The molecule has 1 unspecified atom stereocenters. The second kappa shape index (κ2) is 5.31. The summed E-state index contributed by atoms with van der Waals surface area (Å²) in [6.07, 6.45) is 3.46. The number of nitrogens with one attached hydrogen (secondary N) is 1. The molecule has 2 rings (SSSR count). The van der Waals surface area contributed by atoms with Gasteiger partial charge in [0, 0.05) is 10.5 Å². The van der Waals surface area contributed by atoms with Crippen molar-refractivity contribution in [1.82, 2.24) is 4.72 Å². The monoisotopic (exact) mass is 331 g/mol. The maximum Gasteiger partial charge on any atom is 0.241 e. The molecule has 0 saturated heterocycles. The van der Waals surface area contributed by atoms with E-state index in [-0.39, 0.29) is 6.04 Å². The number of rotatable bonds is 4. The lowest BCUT2D eigenvalue weighted by Crippen LogP contribution is -2.40. The lowest BCUT2D eigenvalue weighted by atomic mass is 9.81. The van der Waals surface area contributed by atoms with Crippen molar-refractivity contribution in [2.75, 3.05) is 0 Å². The molecule has 0 aliphatic heterocycles. The van der Waals surface area contributed by atoms with Crippen molar-refractivity contribution >= 4 is 26.0 Å². The van der Waals surface area contributed by atoms with Gasteiger partial charge in [-0.2, -0.15) is 0 Å². The van der Waals surface area contributed by atoms with Crippen LogP contribution >= 0.6 is 15.9 Å². The number of hydrogen-bond acceptors (Lipinski definition) is 2. The maximum atomic E-state index is 12.3. The van der Waals surface area contributed by atoms with E-state index in [2.05, 4.69) is 20.7 Å². The Bertz CT molecular complexity index is 538. The summed E-state index contributed by atoms with van der Waals surface area (Å²) in [4.78, 5) is 0.319. The van der Waals surface area contributed by atoms with Crippen molar-refractivity contribution in [1.29, 1.82) is 0 Å². The highest BCUT2D eigenvalue weighted by Crippen LogP contribution is 2.31. The van der Waals surface area contributed by atoms with Crippen molar-refractivity contribution < 1.29 is 8.42 Å². The van der Waals surface area contributed by atoms with Crippen LogP contribution in [0.25, 0.3) is 0 Å². The molecular formula is C13H18BrNO2S. The Morgan fingerprint density at radius 2 is 2.06 bits per heavy atom. The van der Waals surface area contributed by atoms with Crippen LogP contribution in [0, 0.1) is 12.8 Å². The Labute approximate surface area is 117 Å². The van der Waals surface area contributed by atoms with Crippen molar-refractivity contribution in [2.45, 2.75) is 44.0 Å². The first-order valence-electron chi connectivity index (χ1n) is 6.18. The zero-order valence-corrected chi connectivity index (χ0v) is 13.0. The van der Waals surface area contributed by atoms with E-state index in [4.69, 9.17) is 0 Å². The van der Waals surface area contributed by atoms with Gasteiger partial charge in [-0.15, -0.1) is 0 Å². The second-order valence-electron chi connectivity index (χ2n) is 5.03. The number of benzene rings is 1. The Balaban J connectivity index is 2.19. The van der Waals surface area contributed by atoms with Crippen LogP contribution < -0.4 is 4.72 Å². The van der Waals surface area contributed by atoms with Crippen LogP contribution in [0.5, 0.6) is 0 Å². The molecule has 1 saturated carbocycles. The number of halogens is 1. The van der Waals surface area contributed by atoms with Gasteiger partial charge in [0.1, 0.15) is 0 Å². The highest BCUT2D eigenvalue weighted by Gasteiger charge is 2.28. The van der Waals surface area contributed by atoms with Crippen molar-refractivity contribution in [3.63, 3.8) is 0 Å². The van der Waals surface area contributed by atoms with Gasteiger partial charge >= 0.3 is 0 Å². The third-order valence-electron chi connectivity index (χ3n) is 3.57. The number of aryl methyl sites for hydroxylation is 1. The maximum absolute atomic E-state index is 12.3. The first kappa shape index (κ1) is 14.0. The molecule has 18 heavy (non-hydrogen) atoms. The van der Waals surface area contributed by atoms with Crippen LogP contribution in [0.1, 0.15) is 31.7 Å². The Hall–Kier alpha value is -0.390. The molecule has 1 aromatic rings. The molecule has 1 N–H and O–H groups in total. The summed E-state index contributed by atoms with van der Waals surface area (Å²) >= 11 is 3.32. The molecular weight excluding hydrogens is 314 g/mol. The SMILES string of the molecule is Cc1ccc(S(=O)(=O)NC(C)C2CCC2)c(Br)c1. The van der Waals surface area contributed by atoms with Crippen molar-refractivity contribution in [2.24, 2.45) is 5.92 Å². The van der Waals surface area contributed by atoms with Crippen LogP contribution in [-0.2, 0) is 10.0 Å². The zero-order chi connectivity index (χ0) is 13.3. The highest BCUT2D eigenvalue weighted by atomic mass is 79.9. The Morgan fingerprint density at radius 3 is 2.56 bits per heavy atom. The molecule has 0 aromatic heterocycles. The number of sulfonamides is 1. The van der Waals surface area contributed by atoms with Gasteiger partial charge in [0.05, 0.1) is 4.90 Å². The third kappa shape index (κ3) is 2.95. The minimum atomic E-state index is -3.43. The summed E-state index contributed by atoms with van der Waals surface area (Å²) in [5.41, 5.74) is 1.04. The normalized spacial score (nSPS) is 18.4. The van der Waals surface area contributed by atoms with E-state index < -0.39 is 10.0 Å². The molecule has 5 heteroatoms. The van der Waals surface area contributed by atoms with Gasteiger partial charge in [0.2, 0.25) is 10.0 Å². The summed E-state index contributed by atoms with van der Waals surface area (Å²) in [6, 6.07) is 5.29. The van der Waals surface area contributed by atoms with Gasteiger partial charge in [-0.1, -0.05) is 12.5 Å². The fraction of sp³-hybridized carbons (Fsp3) is 0.538. The molecule has 0 heterocycles. The Kier molecular flexibility index (Phi) is 4.14. The van der Waals surface area contributed by atoms with Crippen molar-refractivity contribution in [3.8, 4) is 0 Å². The van der Waals surface area contributed by atoms with E-state index in [1.165, 1.54) is 6.42 Å². The standard InChI is InChI=1S/C13H18BrNO2S/c1-9-6-7-13(12(14)8-9)18(16,17)15-10(2)11-4-3-5-11/h6-8,10-11,15H,3-5H2,1-2H3. The van der Waals surface area contributed by atoms with Gasteiger partial charge < -0.3 is 0 Å². The van der Waals surface area contributed by atoms with Gasteiger partial charge in [-0.3, -0.25) is 0 Å². The summed E-state index contributed by atoms with van der Waals surface area (Å²) in [6.45, 7) is 3.88. The van der Waals surface area contributed by atoms with Crippen LogP contribution in [0.2, 0.25) is 0 Å². The van der Waals surface area contributed by atoms with Gasteiger partial charge in [-0.25, -0.2) is 13.1 Å². The molecule has 0 spiro atoms. The predicted octanol–water partition coefficient (Wildman–Crippen LogP) is 3.22. The minimum absolute atomic E-state index is 0.0111. The van der Waals surface area contributed by atoms with E-state index >= 15 is 0 Å². The molecule has 0 amide bonds. The largest absolute Gasteiger partial charge is 0.241 e. The average molecular weight is 332 g/mol. The van der Waals surface area contributed by atoms with Gasteiger partial charge in [-0.05, 0) is 66.2 Å². The topological polar surface area (TPSA) is 46.2 Å². The summed E-state index contributed by atoms with van der Waals surface area (Å²) in [5, 5.41) is 0. The Morgan fingerprint density at radius 1 is 1.39 bits per heavy atom. The van der Waals surface area contributed by atoms with Crippen molar-refractivity contribution in [3.05, 3.63) is 28.2 Å². The molecule has 1 fully saturated rings. The first-order chi connectivity index (χ1) is 8.40. The van der Waals surface area contributed by atoms with Crippen LogP contribution in [0.4, 0.5) is 0 Å². The van der Waals surface area contributed by atoms with E-state index in [0.717, 1.165) is 18.4 Å². The predicted molar refractivity (Wildman–Crippen MR) is 76.0 cm³/mol. The molecule has 1 aromatic carbocycles. The quantitative estimate of drug-likeness (QED) is 0.920. The molecule has 1 aliphatic carbocycles. The smallest absolute Gasteiger partial charge is 0.208 e. The second-order valence-corrected chi connectivity index (χ2v) is 7.57. The molecule has 0 bridgehead atoms. The van der Waals surface area contributed by atoms with Gasteiger partial charge in [0.15, 0.2) is 0 Å². The minimum Gasteiger partial charge on any atom is -0.208 e. The summed E-state index contributed by atoms with van der Waals surface area (Å²) in [5.74, 6) is 0.490. The molecule has 3 nitrogen and oxygen atoms in total. The van der Waals surface area contributed by atoms with Crippen LogP contribution in [-0.4, -0.2) is 14.5 Å². The molecule has 1 atom stereocenters. The van der Waals surface area contributed by atoms with E-state index in [1.54, 1.807) is 6.07 Å². The van der Waals surface area contributed by atoms with Crippen LogP contribution in [0.3, 0.4) is 0 Å². The molecule has 1 aliphatic rings. The zero-order valence-electron chi connectivity index (χ0n) is 10.6. The molecule has 100 valence electrons. The first-order valence-corrected chi connectivity index (χ1v) is 8.46. The fourth-order valence-electron chi connectivity index (χ4n) is 2.17. The lowest BCUT2D eigenvalue weighted by molar-refractivity contribution is 0.260. The highest BCUT2D eigenvalue weighted by molar-refractivity contribution is 9.10. The van der Waals surface area contributed by atoms with E-state index in [0.29, 0.717) is 15.3 Å². The van der Waals surface area contributed by atoms with E-state index in [9.17, 15) is 8.42 Å². The fourth-order valence-corrected chi connectivity index (χ4v) is 4.67. The average Bonchev–Trinajstić information content (AvgIpc) is 2.12. The molecule has 0 radical (unpaired) electrons.